The number of piperidine rings is 1. The fourth-order valence-electron chi connectivity index (χ4n) is 5.00. The lowest BCUT2D eigenvalue weighted by atomic mass is 9.97. The summed E-state index contributed by atoms with van der Waals surface area (Å²) in [5, 5.41) is 37.2. The van der Waals surface area contributed by atoms with E-state index < -0.39 is 6.09 Å². The van der Waals surface area contributed by atoms with Gasteiger partial charge >= 0.3 is 6.09 Å². The van der Waals surface area contributed by atoms with Gasteiger partial charge in [0.25, 0.3) is 0 Å². The fourth-order valence-corrected chi connectivity index (χ4v) is 5.28. The molecule has 2 atom stereocenters. The number of fused-ring (bicyclic) bond motifs is 1. The van der Waals surface area contributed by atoms with Gasteiger partial charge in [0.1, 0.15) is 6.07 Å². The Kier molecular flexibility index (Phi) is 7.36. The summed E-state index contributed by atoms with van der Waals surface area (Å²) < 4.78 is 11.6. The van der Waals surface area contributed by atoms with Gasteiger partial charge in [0, 0.05) is 25.2 Å². The van der Waals surface area contributed by atoms with Crippen molar-refractivity contribution in [3.63, 3.8) is 0 Å². The lowest BCUT2D eigenvalue weighted by Gasteiger charge is -2.43. The highest BCUT2D eigenvalue weighted by Gasteiger charge is 2.35. The van der Waals surface area contributed by atoms with E-state index >= 15 is 0 Å². The smallest absolute Gasteiger partial charge is 0.407 e. The number of benzene rings is 1. The molecule has 1 aliphatic carbocycles. The molecule has 6 rings (SSSR count). The van der Waals surface area contributed by atoms with Crippen LogP contribution < -0.4 is 26.2 Å². The summed E-state index contributed by atoms with van der Waals surface area (Å²) in [4.78, 5) is 23.0. The van der Waals surface area contributed by atoms with Crippen LogP contribution in [0.1, 0.15) is 30.5 Å². The second-order valence-electron chi connectivity index (χ2n) is 10.3. The Morgan fingerprint density at radius 3 is 2.68 bits per heavy atom. The number of alkyl carbamates (subject to hydrolysis) is 1. The maximum atomic E-state index is 12.0. The number of aromatic nitrogens is 4. The second kappa shape index (κ2) is 11.2. The number of rotatable bonds is 8. The van der Waals surface area contributed by atoms with E-state index in [1.165, 1.54) is 17.8 Å². The molecule has 0 unspecified atom stereocenters. The molecule has 3 fully saturated rings. The summed E-state index contributed by atoms with van der Waals surface area (Å²) in [5.74, 6) is 0.706. The van der Waals surface area contributed by atoms with Crippen molar-refractivity contribution in [2.45, 2.75) is 43.4 Å². The second-order valence-corrected chi connectivity index (χ2v) is 10.6. The summed E-state index contributed by atoms with van der Waals surface area (Å²) in [7, 11) is 1.34. The number of nitrogens with one attached hydrogen (secondary N) is 4. The van der Waals surface area contributed by atoms with Crippen LogP contribution in [0.25, 0.3) is 5.65 Å². The van der Waals surface area contributed by atoms with Crippen LogP contribution in [0.2, 0.25) is 5.02 Å². The number of nitrogens with zero attached hydrogens (tertiary/aromatic N) is 7. The number of carbonyl (C=O) groups excluding carboxylic acids is 1. The zero-order valence-corrected chi connectivity index (χ0v) is 23.0. The third-order valence-corrected chi connectivity index (χ3v) is 7.75. The number of halogens is 1. The van der Waals surface area contributed by atoms with Crippen molar-refractivity contribution in [2.75, 3.05) is 48.9 Å². The van der Waals surface area contributed by atoms with Gasteiger partial charge in [-0.3, -0.25) is 0 Å². The van der Waals surface area contributed by atoms with Gasteiger partial charge in [-0.15, -0.1) is 5.10 Å². The molecule has 3 aliphatic rings. The Bertz CT molecular complexity index is 1560. The number of amides is 1. The number of ether oxygens (including phenoxy) is 2. The lowest BCUT2D eigenvalue weighted by Crippen LogP contribution is -2.64. The molecule has 41 heavy (non-hydrogen) atoms. The molecule has 4 heterocycles. The minimum absolute atomic E-state index is 0.109. The van der Waals surface area contributed by atoms with E-state index in [0.717, 1.165) is 12.8 Å². The fraction of sp³-hybridized carbons (Fsp3) is 0.462. The molecule has 15 heteroatoms. The van der Waals surface area contributed by atoms with Crippen LogP contribution in [0.4, 0.5) is 27.9 Å². The SMILES string of the molecule is COC(=O)N[C@H]1CCN(c2cc(C#N)cc(Nc3nc(NC4CC4)c4ncc(C#N)n4n3)c2Cl)C[C@@H]1NC1COC1. The number of carbonyl (C=O) groups is 1. The van der Waals surface area contributed by atoms with Crippen molar-refractivity contribution < 1.29 is 14.3 Å². The van der Waals surface area contributed by atoms with Gasteiger partial charge in [0.15, 0.2) is 17.2 Å². The maximum Gasteiger partial charge on any atom is 0.407 e. The maximum absolute atomic E-state index is 12.0. The first-order valence-electron chi connectivity index (χ1n) is 13.3. The van der Waals surface area contributed by atoms with Crippen molar-refractivity contribution in [1.82, 2.24) is 30.2 Å². The predicted molar refractivity (Wildman–Crippen MR) is 149 cm³/mol. The molecular weight excluding hydrogens is 550 g/mol. The van der Waals surface area contributed by atoms with E-state index in [2.05, 4.69) is 53.4 Å². The minimum Gasteiger partial charge on any atom is -0.453 e. The lowest BCUT2D eigenvalue weighted by molar-refractivity contribution is -0.0123. The van der Waals surface area contributed by atoms with Crippen molar-refractivity contribution in [3.8, 4) is 12.1 Å². The molecule has 14 nitrogen and oxygen atoms in total. The van der Waals surface area contributed by atoms with Gasteiger partial charge in [0.05, 0.1) is 66.6 Å². The summed E-state index contributed by atoms with van der Waals surface area (Å²) in [6.07, 6.45) is 3.65. The average molecular weight is 578 g/mol. The first-order chi connectivity index (χ1) is 19.9. The Morgan fingerprint density at radius 1 is 1.17 bits per heavy atom. The number of anilines is 4. The molecule has 3 aromatic rings. The third-order valence-electron chi connectivity index (χ3n) is 7.35. The highest BCUT2D eigenvalue weighted by atomic mass is 35.5. The monoisotopic (exact) mass is 577 g/mol. The van der Waals surface area contributed by atoms with Crippen molar-refractivity contribution in [3.05, 3.63) is 34.6 Å². The van der Waals surface area contributed by atoms with Gasteiger partial charge in [-0.25, -0.2) is 9.78 Å². The van der Waals surface area contributed by atoms with E-state index in [9.17, 15) is 15.3 Å². The highest BCUT2D eigenvalue weighted by molar-refractivity contribution is 6.36. The summed E-state index contributed by atoms with van der Waals surface area (Å²) in [6, 6.07) is 7.91. The van der Waals surface area contributed by atoms with E-state index in [1.807, 2.05) is 0 Å². The number of hydrogen-bond acceptors (Lipinski definition) is 12. The predicted octanol–water partition coefficient (Wildman–Crippen LogP) is 2.13. The van der Waals surface area contributed by atoms with Gasteiger partial charge in [-0.05, 0) is 31.4 Å². The minimum atomic E-state index is -0.485. The molecule has 0 bridgehead atoms. The van der Waals surface area contributed by atoms with Gasteiger partial charge < -0.3 is 35.6 Å². The third kappa shape index (κ3) is 5.63. The van der Waals surface area contributed by atoms with Crippen LogP contribution in [0.3, 0.4) is 0 Å². The molecule has 0 radical (unpaired) electrons. The number of imidazole rings is 1. The molecule has 1 aromatic carbocycles. The van der Waals surface area contributed by atoms with E-state index in [-0.39, 0.29) is 29.8 Å². The molecule has 1 saturated carbocycles. The first kappa shape index (κ1) is 26.8. The van der Waals surface area contributed by atoms with Crippen LogP contribution in [-0.2, 0) is 9.47 Å². The van der Waals surface area contributed by atoms with Crippen LogP contribution in [-0.4, -0.2) is 83.3 Å². The summed E-state index contributed by atoms with van der Waals surface area (Å²) in [5.41, 5.74) is 2.23. The van der Waals surface area contributed by atoms with Crippen LogP contribution in [0.15, 0.2) is 18.3 Å². The van der Waals surface area contributed by atoms with Gasteiger partial charge in [0.2, 0.25) is 5.95 Å². The van der Waals surface area contributed by atoms with Crippen LogP contribution in [0.5, 0.6) is 0 Å². The normalized spacial score (nSPS) is 20.5. The largest absolute Gasteiger partial charge is 0.453 e. The zero-order chi connectivity index (χ0) is 28.5. The zero-order valence-electron chi connectivity index (χ0n) is 22.2. The van der Waals surface area contributed by atoms with Crippen molar-refractivity contribution in [2.24, 2.45) is 0 Å². The molecule has 212 valence electrons. The highest BCUT2D eigenvalue weighted by Crippen LogP contribution is 2.37. The van der Waals surface area contributed by atoms with Gasteiger partial charge in [-0.2, -0.15) is 20.0 Å². The molecule has 2 aliphatic heterocycles. The van der Waals surface area contributed by atoms with E-state index in [1.54, 1.807) is 12.1 Å². The topological polar surface area (TPSA) is 178 Å². The summed E-state index contributed by atoms with van der Waals surface area (Å²) >= 11 is 6.96. The average Bonchev–Trinajstić information content (AvgIpc) is 3.68. The Morgan fingerprint density at radius 2 is 2.00 bits per heavy atom. The molecule has 2 saturated heterocycles. The van der Waals surface area contributed by atoms with Crippen LogP contribution >= 0.6 is 11.6 Å². The Hall–Kier alpha value is -4.37. The van der Waals surface area contributed by atoms with Crippen molar-refractivity contribution in [1.29, 1.82) is 10.5 Å². The van der Waals surface area contributed by atoms with Crippen LogP contribution in [0, 0.1) is 22.7 Å². The van der Waals surface area contributed by atoms with E-state index in [4.69, 9.17) is 21.1 Å². The molecule has 2 aromatic heterocycles. The van der Waals surface area contributed by atoms with Crippen molar-refractivity contribution >= 4 is 46.5 Å². The van der Waals surface area contributed by atoms with E-state index in [0.29, 0.717) is 72.2 Å². The number of hydrogen-bond donors (Lipinski definition) is 4. The molecular formula is C26H28ClN11O3. The molecule has 0 spiro atoms. The van der Waals surface area contributed by atoms with Gasteiger partial charge in [-0.1, -0.05) is 11.6 Å². The standard InChI is InChI=1S/C26H28ClN11O3/c1-40-26(39)34-18-4-5-37(11-20(18)31-16-12-41-13-16)21-7-14(8-28)6-19(22(21)27)33-25-35-23(32-15-2-3-15)24-30-10-17(9-29)38(24)36-25/h6-7,10,15-16,18,20,31H,2-5,11-13H2,1H3,(H,34,39)(H2,32,33,35,36)/t18-,20-/m0/s1. The molecule has 4 N–H and O–H groups in total. The Labute approximate surface area is 240 Å². The summed E-state index contributed by atoms with van der Waals surface area (Å²) in [6.45, 7) is 2.32. The number of nitriles is 2. The number of methoxy groups -OCH3 is 1. The molecule has 1 amide bonds. The first-order valence-corrected chi connectivity index (χ1v) is 13.7. The Balaban J connectivity index is 1.30. The quantitative estimate of drug-likeness (QED) is 0.307.